The number of carbonyl (C=O) groups is 1. The fraction of sp³-hybridized carbons (Fsp3) is 0.278. The Kier molecular flexibility index (Phi) is 6.61. The van der Waals surface area contributed by atoms with E-state index in [-0.39, 0.29) is 21.5 Å². The van der Waals surface area contributed by atoms with Crippen LogP contribution in [0.25, 0.3) is 0 Å². The number of nitrogens with zero attached hydrogens (tertiary/aromatic N) is 1. The molecule has 2 aromatic rings. The molecular weight excluding hydrogens is 379 g/mol. The first kappa shape index (κ1) is 20.2. The molecule has 5 nitrogen and oxygen atoms in total. The third kappa shape index (κ3) is 4.95. The average molecular weight is 399 g/mol. The molecule has 0 aliphatic heterocycles. The lowest BCUT2D eigenvalue weighted by molar-refractivity contribution is 0.0793. The maximum absolute atomic E-state index is 13.0. The lowest BCUT2D eigenvalue weighted by Gasteiger charge is -2.18. The molecule has 0 saturated heterocycles. The van der Waals surface area contributed by atoms with Crippen LogP contribution in [0, 0.1) is 5.82 Å². The van der Waals surface area contributed by atoms with Crippen molar-refractivity contribution in [1.29, 1.82) is 0 Å². The van der Waals surface area contributed by atoms with Crippen LogP contribution in [0.2, 0.25) is 5.02 Å². The molecule has 0 fully saturated rings. The highest BCUT2D eigenvalue weighted by molar-refractivity contribution is 7.92. The van der Waals surface area contributed by atoms with Crippen LogP contribution in [0.15, 0.2) is 47.4 Å². The highest BCUT2D eigenvalue weighted by Gasteiger charge is 2.18. The van der Waals surface area contributed by atoms with E-state index < -0.39 is 15.8 Å². The summed E-state index contributed by atoms with van der Waals surface area (Å²) in [6.45, 7) is 2.64. The molecule has 0 atom stereocenters. The molecule has 26 heavy (non-hydrogen) atoms. The van der Waals surface area contributed by atoms with Crippen LogP contribution in [0.5, 0.6) is 0 Å². The van der Waals surface area contributed by atoms with E-state index in [1.807, 2.05) is 6.92 Å². The number of sulfonamides is 1. The Morgan fingerprint density at radius 1 is 1.19 bits per heavy atom. The maximum atomic E-state index is 13.0. The molecule has 0 aliphatic rings. The van der Waals surface area contributed by atoms with Crippen LogP contribution in [-0.4, -0.2) is 32.8 Å². The van der Waals surface area contributed by atoms with Gasteiger partial charge < -0.3 is 4.90 Å². The van der Waals surface area contributed by atoms with E-state index in [0.29, 0.717) is 12.1 Å². The van der Waals surface area contributed by atoms with Gasteiger partial charge in [0.05, 0.1) is 15.6 Å². The zero-order chi connectivity index (χ0) is 19.3. The van der Waals surface area contributed by atoms with Gasteiger partial charge in [-0.15, -0.1) is 0 Å². The van der Waals surface area contributed by atoms with E-state index >= 15 is 0 Å². The standard InChI is InChI=1S/C18H20ClFN2O3S/c1-3-4-11-22(2)18(23)13-5-10-16(19)17(12-13)21-26(24,25)15-8-6-14(20)7-9-15/h5-10,12,21H,3-4,11H2,1-2H3. The molecule has 0 heterocycles. The van der Waals surface area contributed by atoms with Crippen molar-refractivity contribution in [3.63, 3.8) is 0 Å². The summed E-state index contributed by atoms with van der Waals surface area (Å²) in [5.74, 6) is -0.762. The Morgan fingerprint density at radius 3 is 2.46 bits per heavy atom. The van der Waals surface area contributed by atoms with Crippen molar-refractivity contribution in [2.24, 2.45) is 0 Å². The van der Waals surface area contributed by atoms with E-state index in [0.717, 1.165) is 37.1 Å². The second-order valence-corrected chi connectivity index (χ2v) is 7.92. The topological polar surface area (TPSA) is 66.5 Å². The van der Waals surface area contributed by atoms with Crippen molar-refractivity contribution < 1.29 is 17.6 Å². The lowest BCUT2D eigenvalue weighted by Crippen LogP contribution is -2.27. The molecule has 2 rings (SSSR count). The van der Waals surface area contributed by atoms with E-state index in [1.165, 1.54) is 12.1 Å². The summed E-state index contributed by atoms with van der Waals surface area (Å²) in [5, 5.41) is 0.156. The summed E-state index contributed by atoms with van der Waals surface area (Å²) in [7, 11) is -2.27. The minimum absolute atomic E-state index is 0.0886. The van der Waals surface area contributed by atoms with Crippen LogP contribution >= 0.6 is 11.6 Å². The summed E-state index contributed by atoms with van der Waals surface area (Å²) < 4.78 is 40.2. The first-order chi connectivity index (χ1) is 12.2. The molecule has 0 aromatic heterocycles. The zero-order valence-corrected chi connectivity index (χ0v) is 16.1. The molecular formula is C18H20ClFN2O3S. The number of hydrogen-bond acceptors (Lipinski definition) is 3. The van der Waals surface area contributed by atoms with Crippen molar-refractivity contribution in [2.75, 3.05) is 18.3 Å². The van der Waals surface area contributed by atoms with Crippen LogP contribution in [0.1, 0.15) is 30.1 Å². The van der Waals surface area contributed by atoms with Crippen LogP contribution in [-0.2, 0) is 10.0 Å². The molecule has 0 saturated carbocycles. The summed E-state index contributed by atoms with van der Waals surface area (Å²) in [6, 6.07) is 8.82. The lowest BCUT2D eigenvalue weighted by atomic mass is 10.1. The summed E-state index contributed by atoms with van der Waals surface area (Å²) in [6.07, 6.45) is 1.83. The second kappa shape index (κ2) is 8.51. The molecule has 0 radical (unpaired) electrons. The summed E-state index contributed by atoms with van der Waals surface area (Å²) >= 11 is 6.07. The third-order valence-corrected chi connectivity index (χ3v) is 5.49. The normalized spacial score (nSPS) is 11.2. The first-order valence-electron chi connectivity index (χ1n) is 8.08. The van der Waals surface area contributed by atoms with E-state index in [1.54, 1.807) is 18.0 Å². The fourth-order valence-corrected chi connectivity index (χ4v) is 3.56. The summed E-state index contributed by atoms with van der Waals surface area (Å²) in [4.78, 5) is 13.9. The van der Waals surface area contributed by atoms with Crippen LogP contribution in [0.4, 0.5) is 10.1 Å². The largest absolute Gasteiger partial charge is 0.342 e. The van der Waals surface area contributed by atoms with Gasteiger partial charge in [-0.1, -0.05) is 24.9 Å². The second-order valence-electron chi connectivity index (χ2n) is 5.83. The first-order valence-corrected chi connectivity index (χ1v) is 9.94. The number of nitrogens with one attached hydrogen (secondary N) is 1. The average Bonchev–Trinajstić information content (AvgIpc) is 2.61. The van der Waals surface area contributed by atoms with Gasteiger partial charge in [0, 0.05) is 19.2 Å². The Labute approximate surface area is 157 Å². The number of unbranched alkanes of at least 4 members (excludes halogenated alkanes) is 1. The van der Waals surface area contributed by atoms with Gasteiger partial charge in [-0.05, 0) is 48.9 Å². The van der Waals surface area contributed by atoms with Gasteiger partial charge in [0.1, 0.15) is 5.82 Å². The predicted molar refractivity (Wildman–Crippen MR) is 101 cm³/mol. The van der Waals surface area contributed by atoms with E-state index in [4.69, 9.17) is 11.6 Å². The van der Waals surface area contributed by atoms with Crippen molar-refractivity contribution in [2.45, 2.75) is 24.7 Å². The van der Waals surface area contributed by atoms with Crippen molar-refractivity contribution in [3.8, 4) is 0 Å². The Morgan fingerprint density at radius 2 is 1.85 bits per heavy atom. The highest BCUT2D eigenvalue weighted by Crippen LogP contribution is 2.26. The molecule has 1 amide bonds. The minimum Gasteiger partial charge on any atom is -0.342 e. The number of anilines is 1. The van der Waals surface area contributed by atoms with Crippen LogP contribution in [0.3, 0.4) is 0 Å². The van der Waals surface area contributed by atoms with E-state index in [9.17, 15) is 17.6 Å². The number of halogens is 2. The fourth-order valence-electron chi connectivity index (χ4n) is 2.27. The van der Waals surface area contributed by atoms with Crippen molar-refractivity contribution in [3.05, 3.63) is 58.9 Å². The van der Waals surface area contributed by atoms with E-state index in [2.05, 4.69) is 4.72 Å². The molecule has 0 bridgehead atoms. The monoisotopic (exact) mass is 398 g/mol. The number of hydrogen-bond donors (Lipinski definition) is 1. The maximum Gasteiger partial charge on any atom is 0.261 e. The summed E-state index contributed by atoms with van der Waals surface area (Å²) in [5.41, 5.74) is 0.413. The smallest absolute Gasteiger partial charge is 0.261 e. The minimum atomic E-state index is -3.96. The van der Waals surface area contributed by atoms with Gasteiger partial charge in [0.25, 0.3) is 15.9 Å². The molecule has 0 spiro atoms. The van der Waals surface area contributed by atoms with Gasteiger partial charge in [-0.25, -0.2) is 12.8 Å². The SMILES string of the molecule is CCCCN(C)C(=O)c1ccc(Cl)c(NS(=O)(=O)c2ccc(F)cc2)c1. The molecule has 0 aliphatic carbocycles. The molecule has 0 unspecified atom stereocenters. The Balaban J connectivity index is 2.27. The van der Waals surface area contributed by atoms with Gasteiger partial charge in [-0.2, -0.15) is 0 Å². The number of carbonyl (C=O) groups excluding carboxylic acids is 1. The van der Waals surface area contributed by atoms with Gasteiger partial charge in [-0.3, -0.25) is 9.52 Å². The number of benzene rings is 2. The Hall–Kier alpha value is -2.12. The Bertz CT molecular complexity index is 886. The quantitative estimate of drug-likeness (QED) is 0.761. The van der Waals surface area contributed by atoms with Crippen LogP contribution < -0.4 is 4.72 Å². The number of amides is 1. The van der Waals surface area contributed by atoms with Crippen molar-refractivity contribution >= 4 is 33.2 Å². The number of rotatable bonds is 7. The van der Waals surface area contributed by atoms with Gasteiger partial charge >= 0.3 is 0 Å². The molecule has 2 aromatic carbocycles. The predicted octanol–water partition coefficient (Wildman–Crippen LogP) is 4.15. The van der Waals surface area contributed by atoms with Gasteiger partial charge in [0.15, 0.2) is 0 Å². The third-order valence-electron chi connectivity index (χ3n) is 3.78. The molecule has 8 heteroatoms. The highest BCUT2D eigenvalue weighted by atomic mass is 35.5. The molecule has 1 N–H and O–H groups in total. The van der Waals surface area contributed by atoms with Gasteiger partial charge in [0.2, 0.25) is 0 Å². The molecule has 140 valence electrons. The zero-order valence-electron chi connectivity index (χ0n) is 14.5. The van der Waals surface area contributed by atoms with Crippen molar-refractivity contribution in [1.82, 2.24) is 4.90 Å².